The lowest BCUT2D eigenvalue weighted by Crippen LogP contribution is -2.37. The molecule has 2 amide bonds. The van der Waals surface area contributed by atoms with Crippen LogP contribution in [0.3, 0.4) is 0 Å². The zero-order chi connectivity index (χ0) is 28.2. The van der Waals surface area contributed by atoms with Gasteiger partial charge in [0.2, 0.25) is 0 Å². The molecule has 0 aliphatic heterocycles. The Kier molecular flexibility index (Phi) is 25.5. The normalized spacial score (nSPS) is 11.2. The summed E-state index contributed by atoms with van der Waals surface area (Å²) in [6.07, 6.45) is 24.4. The van der Waals surface area contributed by atoms with Crippen molar-refractivity contribution in [2.75, 3.05) is 26.3 Å². The Morgan fingerprint density at radius 1 is 0.553 bits per heavy atom. The molecule has 2 N–H and O–H groups in total. The number of carbonyl (C=O) groups excluding carboxylic acids is 3. The number of alkyl carbamates (subject to hydrolysis) is 2. The Balaban J connectivity index is 3.71. The molecule has 7 nitrogen and oxygen atoms in total. The number of rotatable bonds is 27. The number of hydrogen-bond donors (Lipinski definition) is 2. The summed E-state index contributed by atoms with van der Waals surface area (Å²) in [7, 11) is 0. The van der Waals surface area contributed by atoms with E-state index in [0.29, 0.717) is 19.4 Å². The quantitative estimate of drug-likeness (QED) is 0.0804. The van der Waals surface area contributed by atoms with Crippen LogP contribution >= 0.6 is 0 Å². The first kappa shape index (κ1) is 36.2. The van der Waals surface area contributed by atoms with E-state index in [0.717, 1.165) is 25.7 Å². The van der Waals surface area contributed by atoms with Crippen molar-refractivity contribution >= 4 is 18.5 Å². The molecule has 0 spiro atoms. The molecule has 0 aliphatic carbocycles. The maximum Gasteiger partial charge on any atom is 0.407 e. The highest BCUT2D eigenvalue weighted by Crippen LogP contribution is 2.15. The molecule has 0 aromatic rings. The second-order valence-electron chi connectivity index (χ2n) is 11.1. The van der Waals surface area contributed by atoms with Gasteiger partial charge >= 0.3 is 12.2 Å². The van der Waals surface area contributed by atoms with Gasteiger partial charge in [-0.25, -0.2) is 9.59 Å². The van der Waals surface area contributed by atoms with Crippen LogP contribution in [-0.4, -0.2) is 44.8 Å². The van der Waals surface area contributed by atoms with Gasteiger partial charge in [-0.3, -0.25) is 0 Å². The van der Waals surface area contributed by atoms with Gasteiger partial charge in [-0.05, 0) is 19.8 Å². The highest BCUT2D eigenvalue weighted by molar-refractivity contribution is 5.69. The molecule has 0 heterocycles. The minimum absolute atomic E-state index is 0.133. The summed E-state index contributed by atoms with van der Waals surface area (Å²) in [5.41, 5.74) is -1.07. The SMILES string of the molecule is CCCCCCCCCCCCNC(=O)OCC(C)(C=O)COC(=O)NCCCCCCCCCCCC. The lowest BCUT2D eigenvalue weighted by molar-refractivity contribution is -0.119. The zero-order valence-corrected chi connectivity index (χ0v) is 25.1. The average molecular weight is 541 g/mol. The van der Waals surface area contributed by atoms with E-state index in [1.54, 1.807) is 6.92 Å². The molecule has 0 rings (SSSR count). The number of hydrogen-bond acceptors (Lipinski definition) is 5. The highest BCUT2D eigenvalue weighted by atomic mass is 16.6. The fourth-order valence-electron chi connectivity index (χ4n) is 4.28. The summed E-state index contributed by atoms with van der Waals surface area (Å²) in [6.45, 7) is 6.94. The summed E-state index contributed by atoms with van der Waals surface area (Å²) in [6, 6.07) is 0. The third-order valence-corrected chi connectivity index (χ3v) is 6.95. The Labute approximate surface area is 233 Å². The van der Waals surface area contributed by atoms with Gasteiger partial charge < -0.3 is 24.9 Å². The molecule has 0 aromatic carbocycles. The lowest BCUT2D eigenvalue weighted by Gasteiger charge is -2.22. The van der Waals surface area contributed by atoms with Crippen LogP contribution in [0.25, 0.3) is 0 Å². The number of amides is 2. The van der Waals surface area contributed by atoms with E-state index in [-0.39, 0.29) is 13.2 Å². The molecule has 0 radical (unpaired) electrons. The van der Waals surface area contributed by atoms with Crippen LogP contribution in [0.2, 0.25) is 0 Å². The number of aldehydes is 1. The first-order chi connectivity index (χ1) is 18.5. The van der Waals surface area contributed by atoms with Crippen molar-refractivity contribution in [2.24, 2.45) is 5.41 Å². The first-order valence-corrected chi connectivity index (χ1v) is 15.7. The number of carbonyl (C=O) groups is 3. The molecule has 224 valence electrons. The third kappa shape index (κ3) is 24.5. The maximum absolute atomic E-state index is 12.0. The predicted molar refractivity (Wildman–Crippen MR) is 157 cm³/mol. The summed E-state index contributed by atoms with van der Waals surface area (Å²) in [5, 5.41) is 5.47. The van der Waals surface area contributed by atoms with Gasteiger partial charge in [-0.2, -0.15) is 0 Å². The van der Waals surface area contributed by atoms with Crippen LogP contribution in [-0.2, 0) is 14.3 Å². The molecule has 38 heavy (non-hydrogen) atoms. The first-order valence-electron chi connectivity index (χ1n) is 15.7. The van der Waals surface area contributed by atoms with Crippen LogP contribution in [0.15, 0.2) is 0 Å². The third-order valence-electron chi connectivity index (χ3n) is 6.95. The standard InChI is InChI=1S/C31H60N2O5/c1-4-6-8-10-12-14-16-18-20-22-24-32-29(35)37-27-31(3,26-34)28-38-30(36)33-25-23-21-19-17-15-13-11-9-7-5-2/h26H,4-25,27-28H2,1-3H3,(H,32,35)(H,33,36). The molecule has 0 saturated carbocycles. The summed E-state index contributed by atoms with van der Waals surface area (Å²) in [4.78, 5) is 35.5. The van der Waals surface area contributed by atoms with Gasteiger partial charge in [-0.15, -0.1) is 0 Å². The molecular formula is C31H60N2O5. The summed E-state index contributed by atoms with van der Waals surface area (Å²) < 4.78 is 10.4. The second kappa shape index (κ2) is 26.8. The smallest absolute Gasteiger partial charge is 0.407 e. The molecular weight excluding hydrogens is 480 g/mol. The summed E-state index contributed by atoms with van der Waals surface area (Å²) >= 11 is 0. The van der Waals surface area contributed by atoms with Gasteiger partial charge in [0.25, 0.3) is 0 Å². The van der Waals surface area contributed by atoms with E-state index in [1.165, 1.54) is 103 Å². The van der Waals surface area contributed by atoms with Crippen molar-refractivity contribution in [2.45, 2.75) is 149 Å². The Morgan fingerprint density at radius 2 is 0.842 bits per heavy atom. The van der Waals surface area contributed by atoms with Gasteiger partial charge in [0.1, 0.15) is 19.5 Å². The minimum atomic E-state index is -1.07. The Morgan fingerprint density at radius 3 is 1.13 bits per heavy atom. The van der Waals surface area contributed by atoms with Crippen molar-refractivity contribution in [3.8, 4) is 0 Å². The van der Waals surface area contributed by atoms with Crippen molar-refractivity contribution in [1.82, 2.24) is 10.6 Å². The van der Waals surface area contributed by atoms with Gasteiger partial charge in [0.15, 0.2) is 0 Å². The van der Waals surface area contributed by atoms with Crippen LogP contribution in [0.4, 0.5) is 9.59 Å². The molecule has 0 bridgehead atoms. The number of nitrogens with one attached hydrogen (secondary N) is 2. The number of unbranched alkanes of at least 4 members (excludes halogenated alkanes) is 18. The van der Waals surface area contributed by atoms with Gasteiger partial charge in [-0.1, -0.05) is 129 Å². The lowest BCUT2D eigenvalue weighted by atomic mass is 9.95. The minimum Gasteiger partial charge on any atom is -0.448 e. The van der Waals surface area contributed by atoms with Crippen LogP contribution in [0, 0.1) is 5.41 Å². The second-order valence-corrected chi connectivity index (χ2v) is 11.1. The molecule has 0 unspecified atom stereocenters. The number of ether oxygens (including phenoxy) is 2. The van der Waals surface area contributed by atoms with E-state index in [9.17, 15) is 14.4 Å². The highest BCUT2D eigenvalue weighted by Gasteiger charge is 2.28. The predicted octanol–water partition coefficient (Wildman–Crippen LogP) is 8.49. The largest absolute Gasteiger partial charge is 0.448 e. The van der Waals surface area contributed by atoms with E-state index in [2.05, 4.69) is 24.5 Å². The fourth-order valence-corrected chi connectivity index (χ4v) is 4.28. The monoisotopic (exact) mass is 540 g/mol. The van der Waals surface area contributed by atoms with Crippen molar-refractivity contribution in [1.29, 1.82) is 0 Å². The van der Waals surface area contributed by atoms with Crippen LogP contribution < -0.4 is 10.6 Å². The maximum atomic E-state index is 12.0. The Hall–Kier alpha value is -1.79. The molecule has 0 atom stereocenters. The average Bonchev–Trinajstić information content (AvgIpc) is 2.92. The topological polar surface area (TPSA) is 93.7 Å². The van der Waals surface area contributed by atoms with E-state index >= 15 is 0 Å². The molecule has 0 aliphatic rings. The fraction of sp³-hybridized carbons (Fsp3) is 0.903. The zero-order valence-electron chi connectivity index (χ0n) is 25.1. The van der Waals surface area contributed by atoms with E-state index in [1.807, 2.05) is 0 Å². The van der Waals surface area contributed by atoms with Gasteiger partial charge in [0, 0.05) is 13.1 Å². The molecule has 7 heteroatoms. The van der Waals surface area contributed by atoms with Crippen LogP contribution in [0.5, 0.6) is 0 Å². The van der Waals surface area contributed by atoms with E-state index < -0.39 is 17.6 Å². The summed E-state index contributed by atoms with van der Waals surface area (Å²) in [5.74, 6) is 0. The van der Waals surface area contributed by atoms with Crippen LogP contribution in [0.1, 0.15) is 149 Å². The Bertz CT molecular complexity index is 528. The van der Waals surface area contributed by atoms with Crippen molar-refractivity contribution in [3.05, 3.63) is 0 Å². The molecule has 0 fully saturated rings. The van der Waals surface area contributed by atoms with E-state index in [4.69, 9.17) is 9.47 Å². The van der Waals surface area contributed by atoms with Crippen molar-refractivity contribution in [3.63, 3.8) is 0 Å². The molecule has 0 saturated heterocycles. The van der Waals surface area contributed by atoms with Gasteiger partial charge in [0.05, 0.1) is 5.41 Å². The molecule has 0 aromatic heterocycles. The van der Waals surface area contributed by atoms with Crippen molar-refractivity contribution < 1.29 is 23.9 Å².